The van der Waals surface area contributed by atoms with Crippen molar-refractivity contribution < 1.29 is 0 Å². The molecule has 2 unspecified atom stereocenters. The van der Waals surface area contributed by atoms with Gasteiger partial charge in [-0.3, -0.25) is 0 Å². The Kier molecular flexibility index (Phi) is 1.17. The number of rotatable bonds is 0. The van der Waals surface area contributed by atoms with Crippen LogP contribution in [0.15, 0.2) is 0 Å². The highest BCUT2D eigenvalue weighted by Crippen LogP contribution is 2.55. The minimum absolute atomic E-state index is 0.772. The van der Waals surface area contributed by atoms with E-state index < -0.39 is 0 Å². The Bertz CT molecular complexity index is 141. The van der Waals surface area contributed by atoms with Crippen molar-refractivity contribution >= 4 is 0 Å². The summed E-state index contributed by atoms with van der Waals surface area (Å²) < 4.78 is 0. The molecule has 2 aliphatic rings. The van der Waals surface area contributed by atoms with Crippen LogP contribution in [0.1, 0.15) is 20.3 Å². The molecule has 1 saturated heterocycles. The number of likely N-dealkylation sites (tertiary alicyclic amines) is 1. The van der Waals surface area contributed by atoms with Gasteiger partial charge in [0, 0.05) is 13.1 Å². The van der Waals surface area contributed by atoms with Crippen molar-refractivity contribution in [3.05, 3.63) is 0 Å². The minimum Gasteiger partial charge on any atom is -0.305 e. The molecule has 1 aliphatic heterocycles. The van der Waals surface area contributed by atoms with E-state index in [9.17, 15) is 0 Å². The summed E-state index contributed by atoms with van der Waals surface area (Å²) in [5, 5.41) is 0. The normalized spacial score (nSPS) is 44.7. The average Bonchev–Trinajstić information content (AvgIpc) is 1.84. The first kappa shape index (κ1) is 6.66. The molecule has 0 N–H and O–H groups in total. The molecule has 10 heavy (non-hydrogen) atoms. The van der Waals surface area contributed by atoms with Crippen LogP contribution in [0.4, 0.5) is 0 Å². The Hall–Kier alpha value is -0.0400. The van der Waals surface area contributed by atoms with Crippen molar-refractivity contribution in [1.29, 1.82) is 0 Å². The predicted octanol–water partition coefficient (Wildman–Crippen LogP) is 1.59. The third kappa shape index (κ3) is 0.619. The summed E-state index contributed by atoms with van der Waals surface area (Å²) in [6.45, 7) is 7.52. The fraction of sp³-hybridized carbons (Fsp3) is 1.00. The Morgan fingerprint density at radius 1 is 1.30 bits per heavy atom. The molecular weight excluding hydrogens is 122 g/mol. The predicted molar refractivity (Wildman–Crippen MR) is 42.9 cm³/mol. The lowest BCUT2D eigenvalue weighted by Gasteiger charge is -2.62. The standard InChI is InChI=1S/C9H17N/c1-7-4-9(8(7)2)5-10(3)6-9/h7-8H,4-6H2,1-3H3. The molecular formula is C9H17N. The summed E-state index contributed by atoms with van der Waals surface area (Å²) in [6.07, 6.45) is 1.48. The molecule has 0 amide bonds. The van der Waals surface area contributed by atoms with Gasteiger partial charge >= 0.3 is 0 Å². The molecule has 1 heteroatoms. The fourth-order valence-corrected chi connectivity index (χ4v) is 2.89. The van der Waals surface area contributed by atoms with E-state index in [-0.39, 0.29) is 0 Å². The van der Waals surface area contributed by atoms with E-state index in [2.05, 4.69) is 25.8 Å². The molecule has 0 bridgehead atoms. The molecule has 0 radical (unpaired) electrons. The molecule has 0 aromatic carbocycles. The van der Waals surface area contributed by atoms with Gasteiger partial charge in [-0.2, -0.15) is 0 Å². The SMILES string of the molecule is CC1CC2(CN(C)C2)C1C. The van der Waals surface area contributed by atoms with Crippen molar-refractivity contribution in [2.45, 2.75) is 20.3 Å². The van der Waals surface area contributed by atoms with Gasteiger partial charge in [-0.05, 0) is 30.7 Å². The van der Waals surface area contributed by atoms with Gasteiger partial charge in [0.2, 0.25) is 0 Å². The largest absolute Gasteiger partial charge is 0.305 e. The van der Waals surface area contributed by atoms with Crippen molar-refractivity contribution in [2.75, 3.05) is 20.1 Å². The second-order valence-corrected chi connectivity index (χ2v) is 4.50. The second kappa shape index (κ2) is 1.76. The maximum Gasteiger partial charge on any atom is 0.00502 e. The van der Waals surface area contributed by atoms with Crippen molar-refractivity contribution in [3.63, 3.8) is 0 Å². The van der Waals surface area contributed by atoms with Gasteiger partial charge in [-0.1, -0.05) is 13.8 Å². The quantitative estimate of drug-likeness (QED) is 0.492. The zero-order valence-electron chi connectivity index (χ0n) is 7.22. The maximum absolute atomic E-state index is 2.43. The van der Waals surface area contributed by atoms with Gasteiger partial charge in [0.15, 0.2) is 0 Å². The highest BCUT2D eigenvalue weighted by atomic mass is 15.2. The molecule has 1 heterocycles. The lowest BCUT2D eigenvalue weighted by molar-refractivity contribution is -0.131. The first-order valence-electron chi connectivity index (χ1n) is 4.33. The summed E-state index contributed by atoms with van der Waals surface area (Å²) in [4.78, 5) is 2.43. The van der Waals surface area contributed by atoms with Gasteiger partial charge in [-0.15, -0.1) is 0 Å². The second-order valence-electron chi connectivity index (χ2n) is 4.50. The molecule has 1 spiro atoms. The lowest BCUT2D eigenvalue weighted by Crippen LogP contribution is -2.65. The average molecular weight is 139 g/mol. The van der Waals surface area contributed by atoms with E-state index in [0.29, 0.717) is 0 Å². The summed E-state index contributed by atoms with van der Waals surface area (Å²) in [7, 11) is 2.22. The molecule has 0 aromatic heterocycles. The third-order valence-corrected chi connectivity index (χ3v) is 3.72. The van der Waals surface area contributed by atoms with Gasteiger partial charge < -0.3 is 4.90 Å². The molecule has 1 aliphatic carbocycles. The van der Waals surface area contributed by atoms with Crippen LogP contribution >= 0.6 is 0 Å². The number of hydrogen-bond donors (Lipinski definition) is 0. The van der Waals surface area contributed by atoms with Crippen LogP contribution in [0.3, 0.4) is 0 Å². The molecule has 1 saturated carbocycles. The first-order chi connectivity index (χ1) is 4.64. The third-order valence-electron chi connectivity index (χ3n) is 3.72. The Balaban J connectivity index is 1.97. The first-order valence-corrected chi connectivity index (χ1v) is 4.33. The molecule has 2 fully saturated rings. The van der Waals surface area contributed by atoms with Gasteiger partial charge in [0.05, 0.1) is 0 Å². The van der Waals surface area contributed by atoms with Crippen molar-refractivity contribution in [3.8, 4) is 0 Å². The van der Waals surface area contributed by atoms with Crippen molar-refractivity contribution in [1.82, 2.24) is 4.90 Å². The Morgan fingerprint density at radius 2 is 1.90 bits per heavy atom. The molecule has 58 valence electrons. The van der Waals surface area contributed by atoms with Crippen LogP contribution in [-0.4, -0.2) is 25.0 Å². The smallest absolute Gasteiger partial charge is 0.00502 e. The van der Waals surface area contributed by atoms with Crippen LogP contribution in [0, 0.1) is 17.3 Å². The van der Waals surface area contributed by atoms with Gasteiger partial charge in [0.1, 0.15) is 0 Å². The lowest BCUT2D eigenvalue weighted by atomic mass is 9.51. The number of nitrogens with zero attached hydrogens (tertiary/aromatic N) is 1. The van der Waals surface area contributed by atoms with Crippen molar-refractivity contribution in [2.24, 2.45) is 17.3 Å². The highest BCUT2D eigenvalue weighted by Gasteiger charge is 2.54. The van der Waals surface area contributed by atoms with Crippen LogP contribution in [0.25, 0.3) is 0 Å². The monoisotopic (exact) mass is 139 g/mol. The fourth-order valence-electron chi connectivity index (χ4n) is 2.89. The number of hydrogen-bond acceptors (Lipinski definition) is 1. The molecule has 0 aromatic rings. The minimum atomic E-state index is 0.772. The van der Waals surface area contributed by atoms with E-state index in [4.69, 9.17) is 0 Å². The van der Waals surface area contributed by atoms with E-state index >= 15 is 0 Å². The molecule has 2 rings (SSSR count). The zero-order valence-corrected chi connectivity index (χ0v) is 7.22. The molecule has 2 atom stereocenters. The van der Waals surface area contributed by atoms with E-state index in [1.54, 1.807) is 0 Å². The van der Waals surface area contributed by atoms with Crippen LogP contribution in [-0.2, 0) is 0 Å². The topological polar surface area (TPSA) is 3.24 Å². The summed E-state index contributed by atoms with van der Waals surface area (Å²) >= 11 is 0. The summed E-state index contributed by atoms with van der Waals surface area (Å²) in [5.74, 6) is 1.98. The van der Waals surface area contributed by atoms with E-state index in [1.165, 1.54) is 19.5 Å². The van der Waals surface area contributed by atoms with E-state index in [1.807, 2.05) is 0 Å². The zero-order chi connectivity index (χ0) is 7.35. The van der Waals surface area contributed by atoms with Gasteiger partial charge in [-0.25, -0.2) is 0 Å². The summed E-state index contributed by atoms with van der Waals surface area (Å²) in [5.41, 5.74) is 0.772. The Morgan fingerprint density at radius 3 is 2.20 bits per heavy atom. The van der Waals surface area contributed by atoms with E-state index in [0.717, 1.165) is 17.3 Å². The Labute approximate surface area is 63.4 Å². The molecule has 1 nitrogen and oxygen atoms in total. The highest BCUT2D eigenvalue weighted by molar-refractivity contribution is 5.06. The van der Waals surface area contributed by atoms with Crippen LogP contribution in [0.5, 0.6) is 0 Å². The van der Waals surface area contributed by atoms with Gasteiger partial charge in [0.25, 0.3) is 0 Å². The summed E-state index contributed by atoms with van der Waals surface area (Å²) in [6, 6.07) is 0. The maximum atomic E-state index is 2.43. The van der Waals surface area contributed by atoms with Crippen LogP contribution in [0.2, 0.25) is 0 Å². The van der Waals surface area contributed by atoms with Crippen LogP contribution < -0.4 is 0 Å².